The van der Waals surface area contributed by atoms with Crippen LogP contribution in [0.1, 0.15) is 43.1 Å². The second kappa shape index (κ2) is 7.65. The number of aromatic nitrogens is 2. The summed E-state index contributed by atoms with van der Waals surface area (Å²) >= 11 is 0. The lowest BCUT2D eigenvalue weighted by atomic mass is 9.97. The van der Waals surface area contributed by atoms with E-state index in [4.69, 9.17) is 4.74 Å². The molecular weight excluding hydrogens is 280 g/mol. The molecule has 22 heavy (non-hydrogen) atoms. The molecule has 3 rings (SSSR count). The molecule has 0 saturated carbocycles. The molecule has 2 aliphatic heterocycles. The smallest absolute Gasteiger partial charge is 0.223 e. The van der Waals surface area contributed by atoms with E-state index >= 15 is 0 Å². The van der Waals surface area contributed by atoms with Gasteiger partial charge in [-0.25, -0.2) is 9.97 Å². The van der Waals surface area contributed by atoms with Gasteiger partial charge in [-0.05, 0) is 44.8 Å². The highest BCUT2D eigenvalue weighted by atomic mass is 16.5. The summed E-state index contributed by atoms with van der Waals surface area (Å²) in [6.07, 6.45) is 5.75. The van der Waals surface area contributed by atoms with Crippen molar-refractivity contribution in [1.29, 1.82) is 0 Å². The van der Waals surface area contributed by atoms with E-state index in [1.54, 1.807) is 6.20 Å². The second-order valence-electron chi connectivity index (χ2n) is 6.06. The zero-order valence-corrected chi connectivity index (χ0v) is 12.9. The molecule has 1 aromatic heterocycles. The lowest BCUT2D eigenvalue weighted by Crippen LogP contribution is -2.38. The molecule has 0 spiro atoms. The predicted molar refractivity (Wildman–Crippen MR) is 82.3 cm³/mol. The zero-order valence-electron chi connectivity index (χ0n) is 12.9. The van der Waals surface area contributed by atoms with Crippen LogP contribution in [0.15, 0.2) is 12.3 Å². The molecule has 120 valence electrons. The number of rotatable bonds is 4. The van der Waals surface area contributed by atoms with E-state index in [2.05, 4.69) is 20.6 Å². The number of carbonyl (C=O) groups excluding carboxylic acids is 1. The molecule has 2 N–H and O–H groups in total. The fraction of sp³-hybridized carbons (Fsp3) is 0.688. The van der Waals surface area contributed by atoms with Crippen molar-refractivity contribution in [2.45, 2.75) is 38.1 Å². The maximum atomic E-state index is 12.2. The number of ether oxygens (including phenoxy) is 1. The Bertz CT molecular complexity index is 497. The second-order valence-corrected chi connectivity index (χ2v) is 6.06. The monoisotopic (exact) mass is 304 g/mol. The van der Waals surface area contributed by atoms with Gasteiger partial charge in [0.05, 0.1) is 18.8 Å². The van der Waals surface area contributed by atoms with Gasteiger partial charge in [0, 0.05) is 24.6 Å². The molecule has 2 aliphatic rings. The van der Waals surface area contributed by atoms with Crippen molar-refractivity contribution in [3.63, 3.8) is 0 Å². The first kappa shape index (κ1) is 15.4. The van der Waals surface area contributed by atoms with Crippen molar-refractivity contribution < 1.29 is 9.53 Å². The highest BCUT2D eigenvalue weighted by Crippen LogP contribution is 2.22. The van der Waals surface area contributed by atoms with Crippen molar-refractivity contribution >= 4 is 5.91 Å². The van der Waals surface area contributed by atoms with Crippen molar-refractivity contribution in [1.82, 2.24) is 20.6 Å². The lowest BCUT2D eigenvalue weighted by Gasteiger charge is -2.22. The summed E-state index contributed by atoms with van der Waals surface area (Å²) in [4.78, 5) is 21.1. The Morgan fingerprint density at radius 1 is 1.36 bits per heavy atom. The number of nitrogens with one attached hydrogen (secondary N) is 2. The Hall–Kier alpha value is -1.53. The highest BCUT2D eigenvalue weighted by Gasteiger charge is 2.21. The van der Waals surface area contributed by atoms with Crippen LogP contribution in [0.5, 0.6) is 0 Å². The number of carbonyl (C=O) groups is 1. The van der Waals surface area contributed by atoms with E-state index in [1.165, 1.54) is 0 Å². The number of hydrogen-bond acceptors (Lipinski definition) is 5. The summed E-state index contributed by atoms with van der Waals surface area (Å²) in [6, 6.07) is 1.87. The average Bonchev–Trinajstić information content (AvgIpc) is 2.61. The van der Waals surface area contributed by atoms with E-state index in [-0.39, 0.29) is 17.7 Å². The van der Waals surface area contributed by atoms with E-state index in [1.807, 2.05) is 6.07 Å². The van der Waals surface area contributed by atoms with E-state index in [9.17, 15) is 4.79 Å². The molecule has 2 fully saturated rings. The summed E-state index contributed by atoms with van der Waals surface area (Å²) < 4.78 is 5.50. The first-order chi connectivity index (χ1) is 10.8. The summed E-state index contributed by atoms with van der Waals surface area (Å²) in [5, 5.41) is 6.29. The maximum absolute atomic E-state index is 12.2. The van der Waals surface area contributed by atoms with E-state index in [0.717, 1.165) is 56.9 Å². The Labute approximate surface area is 131 Å². The van der Waals surface area contributed by atoms with Gasteiger partial charge in [-0.2, -0.15) is 0 Å². The molecule has 1 aromatic rings. The molecule has 0 aliphatic carbocycles. The molecule has 2 saturated heterocycles. The number of amides is 1. The van der Waals surface area contributed by atoms with Crippen molar-refractivity contribution in [3.05, 3.63) is 23.8 Å². The molecule has 6 heteroatoms. The van der Waals surface area contributed by atoms with E-state index < -0.39 is 0 Å². The Kier molecular flexibility index (Phi) is 5.34. The van der Waals surface area contributed by atoms with Crippen LogP contribution in [-0.2, 0) is 16.1 Å². The normalized spacial score (nSPS) is 23.2. The molecule has 1 unspecified atom stereocenters. The van der Waals surface area contributed by atoms with Crippen LogP contribution in [0.25, 0.3) is 0 Å². The average molecular weight is 304 g/mol. The van der Waals surface area contributed by atoms with Crippen LogP contribution in [0.3, 0.4) is 0 Å². The first-order valence-electron chi connectivity index (χ1n) is 8.21. The van der Waals surface area contributed by atoms with Gasteiger partial charge in [0.15, 0.2) is 0 Å². The summed E-state index contributed by atoms with van der Waals surface area (Å²) in [5.41, 5.74) is 0.873. The SMILES string of the molecule is O=C(NCc1ccnc(C2CCCOC2)n1)C1CCNCC1. The molecule has 0 bridgehead atoms. The van der Waals surface area contributed by atoms with Gasteiger partial charge in [0.1, 0.15) is 5.82 Å². The quantitative estimate of drug-likeness (QED) is 0.867. The van der Waals surface area contributed by atoms with Gasteiger partial charge >= 0.3 is 0 Å². The van der Waals surface area contributed by atoms with Crippen LogP contribution >= 0.6 is 0 Å². The minimum atomic E-state index is 0.134. The van der Waals surface area contributed by atoms with Crippen molar-refractivity contribution in [2.24, 2.45) is 5.92 Å². The third kappa shape index (κ3) is 4.01. The summed E-state index contributed by atoms with van der Waals surface area (Å²) in [6.45, 7) is 3.87. The van der Waals surface area contributed by atoms with Crippen LogP contribution in [-0.4, -0.2) is 42.2 Å². The fourth-order valence-corrected chi connectivity index (χ4v) is 3.06. The molecule has 1 amide bonds. The maximum Gasteiger partial charge on any atom is 0.223 e. The molecule has 1 atom stereocenters. The van der Waals surface area contributed by atoms with Crippen LogP contribution < -0.4 is 10.6 Å². The lowest BCUT2D eigenvalue weighted by molar-refractivity contribution is -0.125. The van der Waals surface area contributed by atoms with Crippen LogP contribution in [0.4, 0.5) is 0 Å². The summed E-state index contributed by atoms with van der Waals surface area (Å²) in [5.74, 6) is 1.40. The predicted octanol–water partition coefficient (Wildman–Crippen LogP) is 0.986. The number of piperidine rings is 1. The van der Waals surface area contributed by atoms with Crippen molar-refractivity contribution in [2.75, 3.05) is 26.3 Å². The van der Waals surface area contributed by atoms with Gasteiger partial charge in [0.25, 0.3) is 0 Å². The van der Waals surface area contributed by atoms with Crippen LogP contribution in [0, 0.1) is 5.92 Å². The van der Waals surface area contributed by atoms with Gasteiger partial charge < -0.3 is 15.4 Å². The van der Waals surface area contributed by atoms with Gasteiger partial charge in [-0.1, -0.05) is 0 Å². The Balaban J connectivity index is 1.54. The largest absolute Gasteiger partial charge is 0.381 e. The minimum absolute atomic E-state index is 0.134. The highest BCUT2D eigenvalue weighted by molar-refractivity contribution is 5.78. The Morgan fingerprint density at radius 3 is 3.00 bits per heavy atom. The van der Waals surface area contributed by atoms with Gasteiger partial charge in [-0.15, -0.1) is 0 Å². The fourth-order valence-electron chi connectivity index (χ4n) is 3.06. The van der Waals surface area contributed by atoms with Crippen LogP contribution in [0.2, 0.25) is 0 Å². The molecule has 0 aromatic carbocycles. The number of hydrogen-bond donors (Lipinski definition) is 2. The topological polar surface area (TPSA) is 76.1 Å². The third-order valence-corrected chi connectivity index (χ3v) is 4.41. The molecule has 0 radical (unpaired) electrons. The molecule has 6 nitrogen and oxygen atoms in total. The van der Waals surface area contributed by atoms with E-state index in [0.29, 0.717) is 13.2 Å². The van der Waals surface area contributed by atoms with Gasteiger partial charge in [-0.3, -0.25) is 4.79 Å². The number of nitrogens with zero attached hydrogens (tertiary/aromatic N) is 2. The minimum Gasteiger partial charge on any atom is -0.381 e. The van der Waals surface area contributed by atoms with Gasteiger partial charge in [0.2, 0.25) is 5.91 Å². The van der Waals surface area contributed by atoms with Crippen molar-refractivity contribution in [3.8, 4) is 0 Å². The molecular formula is C16H24N4O2. The third-order valence-electron chi connectivity index (χ3n) is 4.41. The molecule has 3 heterocycles. The zero-order chi connectivity index (χ0) is 15.2. The first-order valence-corrected chi connectivity index (χ1v) is 8.21. The standard InChI is InChI=1S/C16H24N4O2/c21-16(12-3-6-17-7-4-12)19-10-14-5-8-18-15(20-14)13-2-1-9-22-11-13/h5,8,12-13,17H,1-4,6-7,9-11H2,(H,19,21). The summed E-state index contributed by atoms with van der Waals surface area (Å²) in [7, 11) is 0. The Morgan fingerprint density at radius 2 is 2.23 bits per heavy atom.